The van der Waals surface area contributed by atoms with Crippen LogP contribution in [-0.4, -0.2) is 43.1 Å². The summed E-state index contributed by atoms with van der Waals surface area (Å²) in [5, 5.41) is 0.836. The fraction of sp³-hybridized carbons (Fsp3) is 0.316. The summed E-state index contributed by atoms with van der Waals surface area (Å²) in [6, 6.07) is 11.7. The first-order valence-corrected chi connectivity index (χ1v) is 12.5. The Morgan fingerprint density at radius 1 is 1.14 bits per heavy atom. The van der Waals surface area contributed by atoms with Gasteiger partial charge in [-0.25, -0.2) is 13.4 Å². The van der Waals surface area contributed by atoms with Crippen LogP contribution in [0.25, 0.3) is 0 Å². The SMILES string of the molecule is CC(=O)OC(CC(=O)OCCSSc1ccccn1)S(=O)(=O)c1ccc(C)cc1. The fourth-order valence-corrected chi connectivity index (χ4v) is 5.30. The fourth-order valence-electron chi connectivity index (χ4n) is 2.16. The number of pyridine rings is 1. The van der Waals surface area contributed by atoms with Crippen molar-refractivity contribution in [1.29, 1.82) is 0 Å². The lowest BCUT2D eigenvalue weighted by atomic mass is 10.2. The smallest absolute Gasteiger partial charge is 0.310 e. The molecular weight excluding hydrogens is 434 g/mol. The van der Waals surface area contributed by atoms with E-state index >= 15 is 0 Å². The molecule has 0 saturated heterocycles. The zero-order valence-corrected chi connectivity index (χ0v) is 18.4. The van der Waals surface area contributed by atoms with E-state index in [4.69, 9.17) is 9.47 Å². The number of hydrogen-bond donors (Lipinski definition) is 0. The summed E-state index contributed by atoms with van der Waals surface area (Å²) in [6.07, 6.45) is 1.11. The molecule has 29 heavy (non-hydrogen) atoms. The Hall–Kier alpha value is -2.04. The van der Waals surface area contributed by atoms with Gasteiger partial charge in [0.15, 0.2) is 0 Å². The number of rotatable bonds is 10. The number of carbonyl (C=O) groups is 2. The lowest BCUT2D eigenvalue weighted by Crippen LogP contribution is -2.30. The average molecular weight is 456 g/mol. The molecule has 0 fully saturated rings. The maximum Gasteiger partial charge on any atom is 0.310 e. The van der Waals surface area contributed by atoms with Gasteiger partial charge in [0.2, 0.25) is 15.3 Å². The van der Waals surface area contributed by atoms with Crippen molar-refractivity contribution in [2.24, 2.45) is 0 Å². The Kier molecular flexibility index (Phi) is 8.99. The van der Waals surface area contributed by atoms with Gasteiger partial charge < -0.3 is 9.47 Å². The third-order valence-electron chi connectivity index (χ3n) is 3.54. The van der Waals surface area contributed by atoms with Crippen LogP contribution in [0.15, 0.2) is 58.6 Å². The summed E-state index contributed by atoms with van der Waals surface area (Å²) in [5.74, 6) is -1.05. The van der Waals surface area contributed by atoms with Gasteiger partial charge in [0, 0.05) is 18.9 Å². The van der Waals surface area contributed by atoms with Gasteiger partial charge in [0.1, 0.15) is 11.6 Å². The molecule has 1 aromatic carbocycles. The molecule has 0 radical (unpaired) electrons. The highest BCUT2D eigenvalue weighted by molar-refractivity contribution is 8.76. The predicted molar refractivity (Wildman–Crippen MR) is 112 cm³/mol. The van der Waals surface area contributed by atoms with Crippen LogP contribution >= 0.6 is 21.6 Å². The third kappa shape index (κ3) is 7.71. The number of hydrogen-bond acceptors (Lipinski definition) is 9. The van der Waals surface area contributed by atoms with Crippen molar-refractivity contribution in [2.75, 3.05) is 12.4 Å². The van der Waals surface area contributed by atoms with Crippen LogP contribution in [0, 0.1) is 6.92 Å². The molecule has 0 aliphatic carbocycles. The Morgan fingerprint density at radius 2 is 1.86 bits per heavy atom. The number of nitrogens with zero attached hydrogens (tertiary/aromatic N) is 1. The van der Waals surface area contributed by atoms with Crippen molar-refractivity contribution in [1.82, 2.24) is 4.98 Å². The molecule has 10 heteroatoms. The Balaban J connectivity index is 1.89. The number of benzene rings is 1. The number of ether oxygens (including phenoxy) is 2. The summed E-state index contributed by atoms with van der Waals surface area (Å²) in [4.78, 5) is 27.6. The minimum atomic E-state index is -4.04. The molecule has 0 aliphatic rings. The molecule has 156 valence electrons. The quantitative estimate of drug-likeness (QED) is 0.303. The molecule has 1 atom stereocenters. The monoisotopic (exact) mass is 455 g/mol. The van der Waals surface area contributed by atoms with Crippen molar-refractivity contribution < 1.29 is 27.5 Å². The lowest BCUT2D eigenvalue weighted by Gasteiger charge is -2.17. The molecule has 0 amide bonds. The third-order valence-corrected chi connectivity index (χ3v) is 7.65. The standard InChI is InChI=1S/C19H21NO6S3/c1-14-6-8-16(9-7-14)29(23,24)19(26-15(2)21)13-18(22)25-11-12-27-28-17-5-3-4-10-20-17/h3-10,19H,11-13H2,1-2H3. The summed E-state index contributed by atoms with van der Waals surface area (Å²) in [6.45, 7) is 3.01. The van der Waals surface area contributed by atoms with Crippen LogP contribution in [0.4, 0.5) is 0 Å². The van der Waals surface area contributed by atoms with Gasteiger partial charge in [-0.2, -0.15) is 0 Å². The molecule has 2 rings (SSSR count). The van der Waals surface area contributed by atoms with Crippen molar-refractivity contribution in [2.45, 2.75) is 35.6 Å². The topological polar surface area (TPSA) is 99.6 Å². The highest BCUT2D eigenvalue weighted by atomic mass is 33.1. The molecule has 2 aromatic rings. The number of aryl methyl sites for hydroxylation is 1. The van der Waals surface area contributed by atoms with Crippen molar-refractivity contribution in [3.8, 4) is 0 Å². The van der Waals surface area contributed by atoms with Gasteiger partial charge in [-0.1, -0.05) is 34.6 Å². The van der Waals surface area contributed by atoms with E-state index in [9.17, 15) is 18.0 Å². The van der Waals surface area contributed by atoms with Crippen LogP contribution < -0.4 is 0 Å². The second-order valence-electron chi connectivity index (χ2n) is 5.89. The molecule has 1 heterocycles. The molecule has 1 aromatic heterocycles. The molecule has 0 bridgehead atoms. The van der Waals surface area contributed by atoms with Gasteiger partial charge in [-0.15, -0.1) is 0 Å². The summed E-state index contributed by atoms with van der Waals surface area (Å²) in [5.41, 5.74) is -0.751. The average Bonchev–Trinajstić information content (AvgIpc) is 2.68. The predicted octanol–water partition coefficient (Wildman–Crippen LogP) is 3.43. The first-order chi connectivity index (χ1) is 13.8. The van der Waals surface area contributed by atoms with Crippen molar-refractivity contribution >= 4 is 43.4 Å². The lowest BCUT2D eigenvalue weighted by molar-refractivity contribution is -0.149. The van der Waals surface area contributed by atoms with Crippen LogP contribution in [-0.2, 0) is 28.9 Å². The van der Waals surface area contributed by atoms with E-state index in [2.05, 4.69) is 4.98 Å². The molecule has 0 saturated carbocycles. The summed E-state index contributed by atoms with van der Waals surface area (Å²) in [7, 11) is -1.14. The molecule has 0 N–H and O–H groups in total. The van der Waals surface area contributed by atoms with Crippen LogP contribution in [0.5, 0.6) is 0 Å². The maximum absolute atomic E-state index is 12.7. The van der Waals surface area contributed by atoms with Crippen LogP contribution in [0.1, 0.15) is 18.9 Å². The first kappa shape index (κ1) is 23.2. The second kappa shape index (κ2) is 11.2. The second-order valence-corrected chi connectivity index (χ2v) is 10.4. The Morgan fingerprint density at radius 3 is 2.48 bits per heavy atom. The van der Waals surface area contributed by atoms with Gasteiger partial charge in [-0.3, -0.25) is 9.59 Å². The first-order valence-electron chi connectivity index (χ1n) is 8.63. The van der Waals surface area contributed by atoms with E-state index in [1.54, 1.807) is 18.3 Å². The Labute approximate surface area is 177 Å². The largest absolute Gasteiger partial charge is 0.465 e. The normalized spacial score (nSPS) is 12.2. The molecule has 0 aliphatic heterocycles. The zero-order valence-electron chi connectivity index (χ0n) is 15.9. The zero-order chi connectivity index (χ0) is 21.3. The maximum atomic E-state index is 12.7. The number of carbonyl (C=O) groups excluding carboxylic acids is 2. The summed E-state index contributed by atoms with van der Waals surface area (Å²) >= 11 is 0. The van der Waals surface area contributed by atoms with Crippen molar-refractivity contribution in [3.63, 3.8) is 0 Å². The van der Waals surface area contributed by atoms with E-state index in [-0.39, 0.29) is 11.5 Å². The minimum absolute atomic E-state index is 0.0236. The molecule has 1 unspecified atom stereocenters. The van der Waals surface area contributed by atoms with Crippen LogP contribution in [0.3, 0.4) is 0 Å². The van der Waals surface area contributed by atoms with Gasteiger partial charge in [0.25, 0.3) is 0 Å². The highest BCUT2D eigenvalue weighted by Crippen LogP contribution is 2.28. The number of esters is 2. The van der Waals surface area contributed by atoms with Crippen molar-refractivity contribution in [3.05, 3.63) is 54.2 Å². The summed E-state index contributed by atoms with van der Waals surface area (Å²) < 4.78 is 35.5. The van der Waals surface area contributed by atoms with Gasteiger partial charge in [-0.05, 0) is 42.0 Å². The van der Waals surface area contributed by atoms with E-state index in [0.717, 1.165) is 17.5 Å². The van der Waals surface area contributed by atoms with E-state index in [1.807, 2.05) is 25.1 Å². The van der Waals surface area contributed by atoms with Gasteiger partial charge in [0.05, 0.1) is 11.3 Å². The molecule has 0 spiro atoms. The van der Waals surface area contributed by atoms with Crippen LogP contribution in [0.2, 0.25) is 0 Å². The number of sulfone groups is 1. The van der Waals surface area contributed by atoms with Gasteiger partial charge >= 0.3 is 11.9 Å². The Bertz CT molecular complexity index is 917. The van der Waals surface area contributed by atoms with E-state index in [1.165, 1.54) is 33.7 Å². The number of aromatic nitrogens is 1. The highest BCUT2D eigenvalue weighted by Gasteiger charge is 2.33. The van der Waals surface area contributed by atoms with E-state index < -0.39 is 33.6 Å². The van der Waals surface area contributed by atoms with E-state index in [0.29, 0.717) is 5.75 Å². The molecular formula is C19H21NO6S3. The minimum Gasteiger partial charge on any atom is -0.465 e. The molecule has 7 nitrogen and oxygen atoms in total.